The number of ether oxygens (including phenoxy) is 1. The molecule has 0 saturated heterocycles. The molecule has 0 aromatic carbocycles. The van der Waals surface area contributed by atoms with E-state index in [2.05, 4.69) is 0 Å². The Bertz CT molecular complexity index is 230. The zero-order valence-electron chi connectivity index (χ0n) is 11.0. The first kappa shape index (κ1) is 15.4. The molecule has 0 fully saturated rings. The number of carbonyl (C=O) groups is 1. The van der Waals surface area contributed by atoms with Crippen molar-refractivity contribution in [1.29, 1.82) is 0 Å². The molecule has 0 aromatic heterocycles. The summed E-state index contributed by atoms with van der Waals surface area (Å²) in [5, 5.41) is 19.6. The van der Waals surface area contributed by atoms with Crippen LogP contribution in [-0.2, 0) is 9.53 Å². The normalized spacial score (nSPS) is 18.1. The maximum absolute atomic E-state index is 11.3. The van der Waals surface area contributed by atoms with E-state index in [1.54, 1.807) is 20.8 Å². The number of hydrogen-bond donors (Lipinski definition) is 2. The van der Waals surface area contributed by atoms with Gasteiger partial charge < -0.3 is 14.9 Å². The molecule has 96 valence electrons. The number of hydrogen-bond acceptors (Lipinski definition) is 4. The van der Waals surface area contributed by atoms with Crippen molar-refractivity contribution in [1.82, 2.24) is 0 Å². The quantitative estimate of drug-likeness (QED) is 0.570. The van der Waals surface area contributed by atoms with Gasteiger partial charge in [-0.05, 0) is 5.41 Å². The van der Waals surface area contributed by atoms with Crippen LogP contribution in [0, 0.1) is 17.3 Å². The van der Waals surface area contributed by atoms with Crippen LogP contribution in [0.2, 0.25) is 0 Å². The summed E-state index contributed by atoms with van der Waals surface area (Å²) in [6.45, 7) is 10.6. The Morgan fingerprint density at radius 2 is 1.56 bits per heavy atom. The molecule has 0 aliphatic rings. The predicted octanol–water partition coefficient (Wildman–Crippen LogP) is 1.55. The van der Waals surface area contributed by atoms with E-state index in [0.29, 0.717) is 0 Å². The van der Waals surface area contributed by atoms with E-state index in [-0.39, 0.29) is 11.3 Å². The average Bonchev–Trinajstić information content (AvgIpc) is 2.13. The molecule has 0 aliphatic heterocycles. The van der Waals surface area contributed by atoms with Crippen molar-refractivity contribution in [2.45, 2.75) is 53.9 Å². The fourth-order valence-corrected chi connectivity index (χ4v) is 1.31. The monoisotopic (exact) mass is 232 g/mol. The van der Waals surface area contributed by atoms with Crippen LogP contribution in [0.15, 0.2) is 0 Å². The third-order valence-electron chi connectivity index (χ3n) is 2.54. The molecule has 0 aliphatic carbocycles. The standard InChI is InChI=1S/C12H24O4/c1-7(2)10(14)16-11(15)8(3)9(13)12(4,5)6/h7-9,11,13,15H,1-6H3. The van der Waals surface area contributed by atoms with Gasteiger partial charge in [0.25, 0.3) is 0 Å². The van der Waals surface area contributed by atoms with Gasteiger partial charge in [-0.15, -0.1) is 0 Å². The maximum atomic E-state index is 11.3. The van der Waals surface area contributed by atoms with Gasteiger partial charge in [0.1, 0.15) is 0 Å². The van der Waals surface area contributed by atoms with E-state index in [0.717, 1.165) is 0 Å². The van der Waals surface area contributed by atoms with Crippen molar-refractivity contribution in [2.75, 3.05) is 0 Å². The van der Waals surface area contributed by atoms with Gasteiger partial charge >= 0.3 is 5.97 Å². The lowest BCUT2D eigenvalue weighted by Crippen LogP contribution is -2.40. The van der Waals surface area contributed by atoms with Crippen molar-refractivity contribution in [3.63, 3.8) is 0 Å². The van der Waals surface area contributed by atoms with Crippen LogP contribution in [0.5, 0.6) is 0 Å². The molecule has 0 amide bonds. The van der Waals surface area contributed by atoms with Gasteiger partial charge in [0.15, 0.2) is 0 Å². The highest BCUT2D eigenvalue weighted by Crippen LogP contribution is 2.27. The lowest BCUT2D eigenvalue weighted by atomic mass is 9.82. The average molecular weight is 232 g/mol. The molecule has 3 atom stereocenters. The van der Waals surface area contributed by atoms with Crippen molar-refractivity contribution < 1.29 is 19.7 Å². The minimum Gasteiger partial charge on any atom is -0.435 e. The Labute approximate surface area is 97.6 Å². The molecule has 0 aromatic rings. The van der Waals surface area contributed by atoms with Gasteiger partial charge in [-0.2, -0.15) is 0 Å². The molecule has 0 heterocycles. The summed E-state index contributed by atoms with van der Waals surface area (Å²) in [4.78, 5) is 11.3. The molecule has 16 heavy (non-hydrogen) atoms. The smallest absolute Gasteiger partial charge is 0.310 e. The molecule has 3 unspecified atom stereocenters. The number of aliphatic hydroxyl groups is 2. The Morgan fingerprint density at radius 3 is 1.88 bits per heavy atom. The zero-order valence-corrected chi connectivity index (χ0v) is 11.0. The predicted molar refractivity (Wildman–Crippen MR) is 61.6 cm³/mol. The van der Waals surface area contributed by atoms with E-state index in [1.807, 2.05) is 20.8 Å². The molecule has 0 bridgehead atoms. The fraction of sp³-hybridized carbons (Fsp3) is 0.917. The number of carbonyl (C=O) groups excluding carboxylic acids is 1. The van der Waals surface area contributed by atoms with E-state index in [9.17, 15) is 15.0 Å². The highest BCUT2D eigenvalue weighted by molar-refractivity contribution is 5.71. The lowest BCUT2D eigenvalue weighted by Gasteiger charge is -2.33. The molecule has 4 nitrogen and oxygen atoms in total. The molecule has 4 heteroatoms. The Hall–Kier alpha value is -0.610. The molecule has 0 saturated carbocycles. The lowest BCUT2D eigenvalue weighted by molar-refractivity contribution is -0.191. The van der Waals surface area contributed by atoms with Crippen LogP contribution in [-0.4, -0.2) is 28.6 Å². The largest absolute Gasteiger partial charge is 0.435 e. The number of esters is 1. The highest BCUT2D eigenvalue weighted by Gasteiger charge is 2.33. The van der Waals surface area contributed by atoms with Crippen LogP contribution >= 0.6 is 0 Å². The Morgan fingerprint density at radius 1 is 1.12 bits per heavy atom. The van der Waals surface area contributed by atoms with Crippen molar-refractivity contribution >= 4 is 5.97 Å². The minimum absolute atomic E-state index is 0.284. The second-order valence-corrected chi connectivity index (χ2v) is 5.65. The van der Waals surface area contributed by atoms with E-state index < -0.39 is 24.3 Å². The van der Waals surface area contributed by atoms with Crippen molar-refractivity contribution in [3.05, 3.63) is 0 Å². The van der Waals surface area contributed by atoms with Gasteiger partial charge in [0.2, 0.25) is 6.29 Å². The first-order valence-electron chi connectivity index (χ1n) is 5.64. The summed E-state index contributed by atoms with van der Waals surface area (Å²) in [6.07, 6.45) is -1.99. The Kier molecular flexibility index (Phi) is 5.42. The van der Waals surface area contributed by atoms with Gasteiger partial charge in [0.05, 0.1) is 12.0 Å². The summed E-state index contributed by atoms with van der Waals surface area (Å²) in [5.74, 6) is -1.25. The number of rotatable bonds is 4. The van der Waals surface area contributed by atoms with Crippen LogP contribution in [0.25, 0.3) is 0 Å². The SMILES string of the molecule is CC(C)C(=O)OC(O)C(C)C(O)C(C)(C)C. The first-order chi connectivity index (χ1) is 7.07. The van der Waals surface area contributed by atoms with Crippen molar-refractivity contribution in [3.8, 4) is 0 Å². The van der Waals surface area contributed by atoms with Gasteiger partial charge in [-0.3, -0.25) is 4.79 Å². The highest BCUT2D eigenvalue weighted by atomic mass is 16.6. The van der Waals surface area contributed by atoms with E-state index >= 15 is 0 Å². The summed E-state index contributed by atoms with van der Waals surface area (Å²) in [6, 6.07) is 0. The molecular formula is C12H24O4. The van der Waals surface area contributed by atoms with Gasteiger partial charge in [-0.1, -0.05) is 41.5 Å². The molecule has 0 spiro atoms. The first-order valence-corrected chi connectivity index (χ1v) is 5.64. The van der Waals surface area contributed by atoms with E-state index in [1.165, 1.54) is 0 Å². The van der Waals surface area contributed by atoms with Gasteiger partial charge in [0, 0.05) is 5.92 Å². The maximum Gasteiger partial charge on any atom is 0.310 e. The molecule has 0 radical (unpaired) electrons. The summed E-state index contributed by atoms with van der Waals surface area (Å²) in [7, 11) is 0. The summed E-state index contributed by atoms with van der Waals surface area (Å²) < 4.78 is 4.85. The van der Waals surface area contributed by atoms with Crippen LogP contribution in [0.4, 0.5) is 0 Å². The minimum atomic E-state index is -1.26. The molecule has 2 N–H and O–H groups in total. The third-order valence-corrected chi connectivity index (χ3v) is 2.54. The zero-order chi connectivity index (χ0) is 13.1. The molecular weight excluding hydrogens is 208 g/mol. The van der Waals surface area contributed by atoms with Gasteiger partial charge in [-0.25, -0.2) is 0 Å². The fourth-order valence-electron chi connectivity index (χ4n) is 1.31. The summed E-state index contributed by atoms with van der Waals surface area (Å²) >= 11 is 0. The Balaban J connectivity index is 4.39. The topological polar surface area (TPSA) is 66.8 Å². The van der Waals surface area contributed by atoms with E-state index in [4.69, 9.17) is 4.74 Å². The summed E-state index contributed by atoms with van der Waals surface area (Å²) in [5.41, 5.74) is -0.357. The second kappa shape index (κ2) is 5.64. The van der Waals surface area contributed by atoms with Crippen molar-refractivity contribution in [2.24, 2.45) is 17.3 Å². The third kappa shape index (κ3) is 4.49. The van der Waals surface area contributed by atoms with Crippen LogP contribution in [0.3, 0.4) is 0 Å². The second-order valence-electron chi connectivity index (χ2n) is 5.65. The van der Waals surface area contributed by atoms with Crippen LogP contribution in [0.1, 0.15) is 41.5 Å². The van der Waals surface area contributed by atoms with Crippen LogP contribution < -0.4 is 0 Å². The number of aliphatic hydroxyl groups excluding tert-OH is 2. The molecule has 0 rings (SSSR count).